The first-order chi connectivity index (χ1) is 16.6. The van der Waals surface area contributed by atoms with E-state index in [-0.39, 0.29) is 28.3 Å². The van der Waals surface area contributed by atoms with Crippen molar-refractivity contribution in [3.8, 4) is 11.5 Å². The molecule has 2 amide bonds. The average Bonchev–Trinajstić information content (AvgIpc) is 3.29. The Balaban J connectivity index is 1.72. The summed E-state index contributed by atoms with van der Waals surface area (Å²) in [5.41, 5.74) is 1.63. The molecule has 5 unspecified atom stereocenters. The number of amides is 2. The van der Waals surface area contributed by atoms with Gasteiger partial charge in [0.2, 0.25) is 0 Å². The number of hydrogen-bond donors (Lipinski definition) is 1. The molecule has 0 saturated carbocycles. The summed E-state index contributed by atoms with van der Waals surface area (Å²) < 4.78 is 20.5. The van der Waals surface area contributed by atoms with Crippen LogP contribution in [0.15, 0.2) is 22.8 Å². The second-order valence-electron chi connectivity index (χ2n) is 9.81. The summed E-state index contributed by atoms with van der Waals surface area (Å²) in [6.07, 6.45) is 2.64. The first kappa shape index (κ1) is 24.4. The van der Waals surface area contributed by atoms with Gasteiger partial charge in [0.1, 0.15) is 19.4 Å². The average molecular weight is 545 g/mol. The van der Waals surface area contributed by atoms with E-state index >= 15 is 0 Å². The van der Waals surface area contributed by atoms with E-state index in [9.17, 15) is 14.6 Å². The molecule has 1 aromatic carbocycles. The van der Waals surface area contributed by atoms with E-state index < -0.39 is 18.9 Å². The van der Waals surface area contributed by atoms with E-state index in [2.05, 4.69) is 48.2 Å². The monoisotopic (exact) mass is 544 g/mol. The minimum absolute atomic E-state index is 0.107. The van der Waals surface area contributed by atoms with Crippen molar-refractivity contribution in [1.82, 2.24) is 9.38 Å². The first-order valence-corrected chi connectivity index (χ1v) is 13.0. The molecule has 1 N–H and O–H groups in total. The van der Waals surface area contributed by atoms with Crippen molar-refractivity contribution >= 4 is 51.3 Å². The molecule has 0 radical (unpaired) electrons. The molecule has 0 aliphatic carbocycles. The van der Waals surface area contributed by atoms with Gasteiger partial charge in [0, 0.05) is 29.1 Å². The molecule has 35 heavy (non-hydrogen) atoms. The molecular weight excluding hydrogens is 515 g/mol. The van der Waals surface area contributed by atoms with Crippen molar-refractivity contribution < 1.29 is 28.8 Å². The Hall–Kier alpha value is -2.30. The second kappa shape index (κ2) is 8.98. The molecule has 1 aromatic heterocycles. The quantitative estimate of drug-likeness (QED) is 0.458. The third-order valence-corrected chi connectivity index (χ3v) is 8.62. The minimum Gasteiger partial charge on any atom is -0.486 e. The zero-order chi connectivity index (χ0) is 25.2. The summed E-state index contributed by atoms with van der Waals surface area (Å²) in [4.78, 5) is 27.0. The zero-order valence-electron chi connectivity index (χ0n) is 20.6. The van der Waals surface area contributed by atoms with Gasteiger partial charge in [0.25, 0.3) is 11.8 Å². The van der Waals surface area contributed by atoms with Crippen LogP contribution < -0.4 is 9.47 Å². The van der Waals surface area contributed by atoms with Gasteiger partial charge in [-0.05, 0) is 47.1 Å². The highest BCUT2D eigenvalue weighted by atomic mass is 79.9. The second-order valence-corrected chi connectivity index (χ2v) is 10.6. The first-order valence-electron chi connectivity index (χ1n) is 12.2. The van der Waals surface area contributed by atoms with Crippen LogP contribution in [0.25, 0.3) is 16.5 Å². The van der Waals surface area contributed by atoms with Crippen LogP contribution in [0.5, 0.6) is 11.5 Å². The summed E-state index contributed by atoms with van der Waals surface area (Å²) in [6, 6.07) is 3.79. The van der Waals surface area contributed by atoms with Crippen molar-refractivity contribution in [3.63, 3.8) is 0 Å². The van der Waals surface area contributed by atoms with Crippen LogP contribution in [-0.4, -0.2) is 52.6 Å². The maximum atomic E-state index is 13.3. The van der Waals surface area contributed by atoms with Gasteiger partial charge in [-0.1, -0.05) is 27.7 Å². The predicted octanol–water partition coefficient (Wildman–Crippen LogP) is 4.21. The number of hydrogen-bond acceptors (Lipinski definition) is 6. The van der Waals surface area contributed by atoms with Gasteiger partial charge < -0.3 is 23.8 Å². The third-order valence-electron chi connectivity index (χ3n) is 7.88. The fourth-order valence-electron chi connectivity index (χ4n) is 5.58. The van der Waals surface area contributed by atoms with E-state index in [0.717, 1.165) is 22.1 Å². The zero-order valence-corrected chi connectivity index (χ0v) is 22.2. The lowest BCUT2D eigenvalue weighted by molar-refractivity contribution is -0.166. The molecule has 3 aliphatic rings. The minimum atomic E-state index is -1.24. The molecule has 5 rings (SSSR count). The topological polar surface area (TPSA) is 90.2 Å². The van der Waals surface area contributed by atoms with Gasteiger partial charge in [-0.3, -0.25) is 14.4 Å². The number of halogens is 1. The van der Waals surface area contributed by atoms with Crippen LogP contribution in [0.4, 0.5) is 0 Å². The van der Waals surface area contributed by atoms with Gasteiger partial charge in [-0.25, -0.2) is 0 Å². The number of carbonyl (C=O) groups is 2. The van der Waals surface area contributed by atoms with E-state index in [1.54, 1.807) is 0 Å². The van der Waals surface area contributed by atoms with Gasteiger partial charge >= 0.3 is 7.05 Å². The van der Waals surface area contributed by atoms with E-state index in [0.29, 0.717) is 42.1 Å². The van der Waals surface area contributed by atoms with Gasteiger partial charge in [-0.15, -0.1) is 0 Å². The number of fused-ring (bicyclic) bond motifs is 2. The summed E-state index contributed by atoms with van der Waals surface area (Å²) in [7, 11) is -1.24. The Bertz CT molecular complexity index is 1240. The SMILES string of the molecule is CCC1OC(n2cc(C3=C(Br)C(=O)N(B(C)O)C3=O)c3cc4c(cc32)OCCO4)C(C)C(C)C1C. The predicted molar refractivity (Wildman–Crippen MR) is 136 cm³/mol. The van der Waals surface area contributed by atoms with Crippen molar-refractivity contribution in [2.75, 3.05) is 13.2 Å². The van der Waals surface area contributed by atoms with Crippen LogP contribution in [0.1, 0.15) is 45.9 Å². The molecule has 2 aromatic rings. The molecule has 10 heteroatoms. The Morgan fingerprint density at radius 3 is 2.31 bits per heavy atom. The van der Waals surface area contributed by atoms with Crippen molar-refractivity contribution in [2.24, 2.45) is 17.8 Å². The number of benzene rings is 1. The van der Waals surface area contributed by atoms with Gasteiger partial charge in [-0.2, -0.15) is 0 Å². The Kier molecular flexibility index (Phi) is 6.26. The van der Waals surface area contributed by atoms with Crippen molar-refractivity contribution in [3.05, 3.63) is 28.4 Å². The molecule has 1 saturated heterocycles. The van der Waals surface area contributed by atoms with Crippen LogP contribution in [0.2, 0.25) is 6.82 Å². The molecule has 1 fully saturated rings. The largest absolute Gasteiger partial charge is 0.486 e. The molecule has 0 spiro atoms. The third kappa shape index (κ3) is 3.72. The highest BCUT2D eigenvalue weighted by Gasteiger charge is 2.44. The number of nitrogens with zero attached hydrogens (tertiary/aromatic N) is 2. The normalized spacial score (nSPS) is 28.9. The number of ether oxygens (including phenoxy) is 3. The van der Waals surface area contributed by atoms with Gasteiger partial charge in [0.05, 0.1) is 21.7 Å². The molecule has 8 nitrogen and oxygen atoms in total. The highest BCUT2D eigenvalue weighted by molar-refractivity contribution is 9.12. The fourth-order valence-corrected chi connectivity index (χ4v) is 6.15. The van der Waals surface area contributed by atoms with Crippen LogP contribution >= 0.6 is 15.9 Å². The van der Waals surface area contributed by atoms with Crippen molar-refractivity contribution in [2.45, 2.75) is 53.3 Å². The summed E-state index contributed by atoms with van der Waals surface area (Å²) >= 11 is 3.33. The smallest absolute Gasteiger partial charge is 0.419 e. The van der Waals surface area contributed by atoms with Crippen molar-refractivity contribution in [1.29, 1.82) is 0 Å². The lowest BCUT2D eigenvalue weighted by Gasteiger charge is -2.44. The number of aromatic nitrogens is 1. The van der Waals surface area contributed by atoms with E-state index in [1.165, 1.54) is 6.82 Å². The molecule has 5 atom stereocenters. The molecule has 186 valence electrons. The number of rotatable bonds is 4. The highest BCUT2D eigenvalue weighted by Crippen LogP contribution is 2.47. The van der Waals surface area contributed by atoms with Gasteiger partial charge in [0.15, 0.2) is 11.5 Å². The number of imide groups is 1. The maximum absolute atomic E-state index is 13.3. The van der Waals surface area contributed by atoms with Crippen LogP contribution in [-0.2, 0) is 14.3 Å². The molecule has 0 bridgehead atoms. The van der Waals surface area contributed by atoms with E-state index in [1.807, 2.05) is 18.3 Å². The summed E-state index contributed by atoms with van der Waals surface area (Å²) in [5, 5.41) is 10.8. The molecule has 3 aliphatic heterocycles. The fraction of sp³-hybridized carbons (Fsp3) is 0.520. The Labute approximate surface area is 213 Å². The lowest BCUT2D eigenvalue weighted by Crippen LogP contribution is -2.42. The number of carbonyl (C=O) groups excluding carboxylic acids is 2. The van der Waals surface area contributed by atoms with Crippen LogP contribution in [0.3, 0.4) is 0 Å². The molecule has 4 heterocycles. The van der Waals surface area contributed by atoms with Crippen LogP contribution in [0, 0.1) is 17.8 Å². The summed E-state index contributed by atoms with van der Waals surface area (Å²) in [5.74, 6) is 1.17. The summed E-state index contributed by atoms with van der Waals surface area (Å²) in [6.45, 7) is 11.1. The Morgan fingerprint density at radius 1 is 1.06 bits per heavy atom. The molecular formula is C25H30BBrN2O6. The van der Waals surface area contributed by atoms with E-state index in [4.69, 9.17) is 14.2 Å². The standard InChI is InChI=1S/C25H30BBrN2O6/c1-6-18-13(3)12(2)14(4)25(35-18)28-11-16(21-22(27)24(31)29(23(21)30)26(5)32)15-9-19-20(10-17(15)28)34-8-7-33-19/h9-14,18,25,32H,6-8H2,1-5H3. The Morgan fingerprint density at radius 2 is 1.71 bits per heavy atom. The lowest BCUT2D eigenvalue weighted by atomic mass is 9.77. The maximum Gasteiger partial charge on any atom is 0.419 e.